The van der Waals surface area contributed by atoms with Gasteiger partial charge in [-0.25, -0.2) is 9.18 Å². The number of hydrogen-bond donors (Lipinski definition) is 1. The Morgan fingerprint density at radius 2 is 1.90 bits per heavy atom. The second kappa shape index (κ2) is 5.40. The lowest BCUT2D eigenvalue weighted by atomic mass is 10.1. The van der Waals surface area contributed by atoms with E-state index >= 15 is 0 Å². The molecule has 1 aliphatic rings. The van der Waals surface area contributed by atoms with Crippen molar-refractivity contribution in [2.24, 2.45) is 0 Å². The van der Waals surface area contributed by atoms with Gasteiger partial charge in [-0.3, -0.25) is 4.79 Å². The fourth-order valence-electron chi connectivity index (χ4n) is 2.24. The predicted octanol–water partition coefficient (Wildman–Crippen LogP) is 0.852. The normalized spacial score (nSPS) is 20.6. The second-order valence-electron chi connectivity index (χ2n) is 4.64. The quantitative estimate of drug-likeness (QED) is 0.831. The van der Waals surface area contributed by atoms with Crippen molar-refractivity contribution in [1.82, 2.24) is 4.90 Å². The number of carboxylic acid groups (broad SMARTS) is 1. The first-order valence-electron chi connectivity index (χ1n) is 5.91. The summed E-state index contributed by atoms with van der Waals surface area (Å²) in [5.74, 6) is -2.77. The lowest BCUT2D eigenvalue weighted by Crippen LogP contribution is -2.36. The molecule has 114 valence electrons. The summed E-state index contributed by atoms with van der Waals surface area (Å²) in [6, 6.07) is 2.92. The van der Waals surface area contributed by atoms with Crippen LogP contribution in [0.1, 0.15) is 18.0 Å². The molecule has 0 bridgehead atoms. The summed E-state index contributed by atoms with van der Waals surface area (Å²) in [7, 11) is -4.93. The number of likely N-dealkylation sites (tertiary alicyclic amines) is 1. The van der Waals surface area contributed by atoms with Crippen molar-refractivity contribution in [1.29, 1.82) is 0 Å². The minimum absolute atomic E-state index is 0.106. The zero-order valence-corrected chi connectivity index (χ0v) is 11.4. The third-order valence-corrected chi connectivity index (χ3v) is 4.36. The van der Waals surface area contributed by atoms with E-state index in [2.05, 4.69) is 0 Å². The van der Waals surface area contributed by atoms with Gasteiger partial charge < -0.3 is 10.0 Å². The number of benzene rings is 1. The molecular formula is C12H11F2NO5S. The summed E-state index contributed by atoms with van der Waals surface area (Å²) in [6.07, 6.45) is -0.607. The molecule has 9 heteroatoms. The molecule has 1 aromatic rings. The fourth-order valence-corrected chi connectivity index (χ4v) is 2.92. The summed E-state index contributed by atoms with van der Waals surface area (Å²) in [5.41, 5.74) is 0.106. The number of carbonyl (C=O) groups is 2. The molecular weight excluding hydrogens is 308 g/mol. The summed E-state index contributed by atoms with van der Waals surface area (Å²) >= 11 is 0. The summed E-state index contributed by atoms with van der Waals surface area (Å²) in [4.78, 5) is 23.9. The van der Waals surface area contributed by atoms with E-state index < -0.39 is 52.2 Å². The van der Waals surface area contributed by atoms with Gasteiger partial charge in [0.1, 0.15) is 11.1 Å². The Morgan fingerprint density at radius 3 is 2.33 bits per heavy atom. The highest BCUT2D eigenvalue weighted by Gasteiger charge is 2.43. The Hall–Kier alpha value is -2.03. The Morgan fingerprint density at radius 1 is 1.33 bits per heavy atom. The number of nitrogens with zero attached hydrogens (tertiary/aromatic N) is 1. The number of aliphatic carboxylic acids is 1. The number of hydrogen-bond acceptors (Lipinski definition) is 4. The molecule has 0 spiro atoms. The Bertz CT molecular complexity index is 673. The molecule has 1 fully saturated rings. The first-order valence-corrected chi connectivity index (χ1v) is 7.36. The molecule has 0 radical (unpaired) electrons. The highest BCUT2D eigenvalue weighted by Crippen LogP contribution is 2.29. The van der Waals surface area contributed by atoms with Crippen LogP contribution in [0.15, 0.2) is 24.3 Å². The molecule has 0 saturated carbocycles. The van der Waals surface area contributed by atoms with Crippen molar-refractivity contribution >= 4 is 22.1 Å². The second-order valence-corrected chi connectivity index (χ2v) is 6.26. The smallest absolute Gasteiger partial charge is 0.331 e. The van der Waals surface area contributed by atoms with Gasteiger partial charge in [-0.15, -0.1) is 3.89 Å². The topological polar surface area (TPSA) is 91.8 Å². The van der Waals surface area contributed by atoms with Crippen LogP contribution >= 0.6 is 0 Å². The molecule has 1 N–H and O–H groups in total. The van der Waals surface area contributed by atoms with E-state index in [0.717, 1.165) is 17.0 Å². The van der Waals surface area contributed by atoms with Gasteiger partial charge in [-0.2, -0.15) is 8.42 Å². The van der Waals surface area contributed by atoms with Gasteiger partial charge in [-0.1, -0.05) is 12.1 Å². The molecule has 6 nitrogen and oxygen atoms in total. The van der Waals surface area contributed by atoms with Crippen molar-refractivity contribution in [2.45, 2.75) is 17.7 Å². The number of rotatable bonds is 4. The highest BCUT2D eigenvalue weighted by atomic mass is 32.3. The minimum Gasteiger partial charge on any atom is -0.479 e. The molecule has 2 rings (SSSR count). The third kappa shape index (κ3) is 3.18. The van der Waals surface area contributed by atoms with Crippen LogP contribution in [-0.2, 0) is 19.8 Å². The molecule has 1 saturated heterocycles. The average Bonchev–Trinajstić information content (AvgIpc) is 2.74. The largest absolute Gasteiger partial charge is 0.479 e. The van der Waals surface area contributed by atoms with E-state index in [1.165, 1.54) is 12.1 Å². The summed E-state index contributed by atoms with van der Waals surface area (Å²) in [6.45, 7) is -0.550. The molecule has 1 heterocycles. The van der Waals surface area contributed by atoms with Gasteiger partial charge in [0.05, 0.1) is 0 Å². The number of carbonyl (C=O) groups excluding carboxylic acids is 1. The Labute approximate surface area is 119 Å². The van der Waals surface area contributed by atoms with E-state index in [1.54, 1.807) is 0 Å². The van der Waals surface area contributed by atoms with Crippen LogP contribution in [0.25, 0.3) is 0 Å². The Balaban J connectivity index is 2.34. The van der Waals surface area contributed by atoms with Crippen LogP contribution in [-0.4, -0.2) is 42.1 Å². The number of halogens is 2. The van der Waals surface area contributed by atoms with Gasteiger partial charge in [0.2, 0.25) is 5.91 Å². The standard InChI is InChI=1S/C12H11F2NO5S/c13-8-3-1-7(2-4-8)11(12(17)18)15-6-9(5-10(15)16)21(14,19)20/h1-4,9,11H,5-6H2,(H,17,18). The Kier molecular flexibility index (Phi) is 3.95. The molecule has 1 aliphatic heterocycles. The summed E-state index contributed by atoms with van der Waals surface area (Å²) in [5, 5.41) is 7.66. The summed E-state index contributed by atoms with van der Waals surface area (Å²) < 4.78 is 47.5. The number of carboxylic acids is 1. The van der Waals surface area contributed by atoms with Crippen molar-refractivity contribution < 1.29 is 31.4 Å². The minimum atomic E-state index is -4.93. The van der Waals surface area contributed by atoms with Crippen molar-refractivity contribution in [3.8, 4) is 0 Å². The maximum atomic E-state index is 13.0. The van der Waals surface area contributed by atoms with E-state index in [0.29, 0.717) is 0 Å². The van der Waals surface area contributed by atoms with Gasteiger partial charge in [0, 0.05) is 13.0 Å². The molecule has 0 aliphatic carbocycles. The zero-order valence-electron chi connectivity index (χ0n) is 10.6. The number of amides is 1. The fraction of sp³-hybridized carbons (Fsp3) is 0.333. The van der Waals surface area contributed by atoms with Crippen molar-refractivity contribution in [3.05, 3.63) is 35.6 Å². The maximum absolute atomic E-state index is 13.0. The SMILES string of the molecule is O=C(O)C(c1ccc(F)cc1)N1CC(S(=O)(=O)F)CC1=O. The van der Waals surface area contributed by atoms with Crippen LogP contribution in [0.4, 0.5) is 8.28 Å². The first-order chi connectivity index (χ1) is 9.70. The molecule has 2 atom stereocenters. The van der Waals surface area contributed by atoms with Gasteiger partial charge in [0.25, 0.3) is 0 Å². The van der Waals surface area contributed by atoms with Gasteiger partial charge in [-0.05, 0) is 17.7 Å². The van der Waals surface area contributed by atoms with Crippen molar-refractivity contribution in [2.75, 3.05) is 6.54 Å². The predicted molar refractivity (Wildman–Crippen MR) is 66.9 cm³/mol. The van der Waals surface area contributed by atoms with Crippen LogP contribution in [0.5, 0.6) is 0 Å². The highest BCUT2D eigenvalue weighted by molar-refractivity contribution is 7.87. The van der Waals surface area contributed by atoms with E-state index in [9.17, 15) is 31.4 Å². The lowest BCUT2D eigenvalue weighted by Gasteiger charge is -2.24. The average molecular weight is 319 g/mol. The molecule has 2 unspecified atom stereocenters. The molecule has 1 aromatic carbocycles. The van der Waals surface area contributed by atoms with E-state index in [1.807, 2.05) is 0 Å². The lowest BCUT2D eigenvalue weighted by molar-refractivity contribution is -0.148. The zero-order chi connectivity index (χ0) is 15.8. The van der Waals surface area contributed by atoms with Crippen LogP contribution in [0.2, 0.25) is 0 Å². The molecule has 0 aromatic heterocycles. The first kappa shape index (κ1) is 15.4. The third-order valence-electron chi connectivity index (χ3n) is 3.25. The van der Waals surface area contributed by atoms with Gasteiger partial charge >= 0.3 is 16.2 Å². The maximum Gasteiger partial charge on any atom is 0.331 e. The molecule has 21 heavy (non-hydrogen) atoms. The monoisotopic (exact) mass is 319 g/mol. The van der Waals surface area contributed by atoms with Crippen LogP contribution < -0.4 is 0 Å². The van der Waals surface area contributed by atoms with Crippen LogP contribution in [0.3, 0.4) is 0 Å². The van der Waals surface area contributed by atoms with E-state index in [-0.39, 0.29) is 5.56 Å². The van der Waals surface area contributed by atoms with Crippen LogP contribution in [0, 0.1) is 5.82 Å². The molecule has 1 amide bonds. The van der Waals surface area contributed by atoms with E-state index in [4.69, 9.17) is 0 Å². The van der Waals surface area contributed by atoms with Gasteiger partial charge in [0.15, 0.2) is 6.04 Å². The van der Waals surface area contributed by atoms with Crippen molar-refractivity contribution in [3.63, 3.8) is 0 Å².